The van der Waals surface area contributed by atoms with E-state index in [1.54, 1.807) is 91.0 Å². The number of rotatable bonds is 5. The first kappa shape index (κ1) is 22.0. The van der Waals surface area contributed by atoms with Crippen LogP contribution in [0.3, 0.4) is 0 Å². The van der Waals surface area contributed by atoms with E-state index >= 15 is 0 Å². The second kappa shape index (κ2) is 7.88. The van der Waals surface area contributed by atoms with Crippen LogP contribution in [0, 0.1) is 11.6 Å². The molecular weight excluding hydrogens is 432 g/mol. The van der Waals surface area contributed by atoms with Crippen molar-refractivity contribution in [3.63, 3.8) is 0 Å². The van der Waals surface area contributed by atoms with Gasteiger partial charge in [0.2, 0.25) is 0 Å². The van der Waals surface area contributed by atoms with Crippen molar-refractivity contribution >= 4 is 32.9 Å². The molecule has 30 heavy (non-hydrogen) atoms. The summed E-state index contributed by atoms with van der Waals surface area (Å²) in [5.41, 5.74) is -2.76. The Hall–Kier alpha value is -2.65. The zero-order valence-corrected chi connectivity index (χ0v) is 17.6. The molecule has 0 aliphatic heterocycles. The quantitative estimate of drug-likeness (QED) is 0.331. The standard InChI is InChI=1S/C22H18F3O3PS/c1-2-18-29(19-12-6-3-7-13-19,20-14-8-4-9-15-20,21-16-10-5-11-17-21)28-30(26,27)22(23,24)25/h3-17H,1H3. The molecule has 0 N–H and O–H groups in total. The fraction of sp³-hybridized carbons (Fsp3) is 0.0909. The molecule has 0 fully saturated rings. The average Bonchev–Trinajstić information content (AvgIpc) is 2.74. The Labute approximate surface area is 173 Å². The van der Waals surface area contributed by atoms with Crippen LogP contribution in [-0.4, -0.2) is 13.9 Å². The van der Waals surface area contributed by atoms with E-state index in [0.717, 1.165) is 0 Å². The SMILES string of the molecule is CC#CP(OS(=O)(=O)C(F)(F)F)(c1ccccc1)(c1ccccc1)c1ccccc1. The molecule has 0 saturated heterocycles. The molecule has 3 rings (SSSR count). The number of alkyl halides is 3. The summed E-state index contributed by atoms with van der Waals surface area (Å²) in [6.45, 7) is -3.47. The topological polar surface area (TPSA) is 43.4 Å². The van der Waals surface area contributed by atoms with Crippen LogP contribution in [0.15, 0.2) is 91.0 Å². The first-order valence-electron chi connectivity index (χ1n) is 8.83. The summed E-state index contributed by atoms with van der Waals surface area (Å²) in [6, 6.07) is 24.0. The summed E-state index contributed by atoms with van der Waals surface area (Å²) in [7, 11) is -6.02. The Kier molecular flexibility index (Phi) is 5.79. The van der Waals surface area contributed by atoms with Gasteiger partial charge in [0.25, 0.3) is 0 Å². The van der Waals surface area contributed by atoms with Crippen LogP contribution in [0.25, 0.3) is 0 Å². The molecule has 156 valence electrons. The predicted octanol–water partition coefficient (Wildman–Crippen LogP) is 4.28. The maximum atomic E-state index is 13.6. The van der Waals surface area contributed by atoms with E-state index in [2.05, 4.69) is 11.6 Å². The number of hydrogen-bond acceptors (Lipinski definition) is 3. The van der Waals surface area contributed by atoms with Crippen molar-refractivity contribution in [3.05, 3.63) is 91.0 Å². The number of benzene rings is 3. The molecule has 0 aliphatic carbocycles. The Bertz CT molecular complexity index is 1080. The van der Waals surface area contributed by atoms with Crippen molar-refractivity contribution in [2.24, 2.45) is 0 Å². The van der Waals surface area contributed by atoms with Gasteiger partial charge in [0.15, 0.2) is 0 Å². The van der Waals surface area contributed by atoms with Gasteiger partial charge in [0.1, 0.15) is 0 Å². The molecule has 3 aromatic carbocycles. The van der Waals surface area contributed by atoms with Crippen LogP contribution in [0.2, 0.25) is 0 Å². The monoisotopic (exact) mass is 450 g/mol. The first-order valence-corrected chi connectivity index (χ1v) is 12.4. The Morgan fingerprint density at radius 2 is 1.07 bits per heavy atom. The van der Waals surface area contributed by atoms with E-state index in [1.165, 1.54) is 6.92 Å². The van der Waals surface area contributed by atoms with Gasteiger partial charge >= 0.3 is 173 Å². The molecule has 0 amide bonds. The molecule has 0 heterocycles. The molecular formula is C22H18F3O3PS. The summed E-state index contributed by atoms with van der Waals surface area (Å²) in [6.07, 6.45) is 0. The van der Waals surface area contributed by atoms with Crippen LogP contribution in [0.4, 0.5) is 13.2 Å². The molecule has 0 atom stereocenters. The third kappa shape index (κ3) is 3.41. The molecule has 8 heteroatoms. The predicted molar refractivity (Wildman–Crippen MR) is 115 cm³/mol. The van der Waals surface area contributed by atoms with E-state index in [4.69, 9.17) is 3.97 Å². The van der Waals surface area contributed by atoms with Gasteiger partial charge in [-0.1, -0.05) is 0 Å². The molecule has 0 spiro atoms. The second-order valence-corrected chi connectivity index (χ2v) is 12.2. The fourth-order valence-corrected chi connectivity index (χ4v) is 10.4. The summed E-state index contributed by atoms with van der Waals surface area (Å²) in [4.78, 5) is 0. The van der Waals surface area contributed by atoms with Crippen LogP contribution in [0.1, 0.15) is 6.92 Å². The van der Waals surface area contributed by atoms with Gasteiger partial charge in [0.05, 0.1) is 0 Å². The third-order valence-corrected chi connectivity index (χ3v) is 11.6. The van der Waals surface area contributed by atoms with Crippen LogP contribution in [0.5, 0.6) is 0 Å². The van der Waals surface area contributed by atoms with E-state index in [-0.39, 0.29) is 15.9 Å². The molecule has 3 aromatic rings. The average molecular weight is 450 g/mol. The van der Waals surface area contributed by atoms with Gasteiger partial charge in [0, 0.05) is 0 Å². The van der Waals surface area contributed by atoms with Gasteiger partial charge in [-0.3, -0.25) is 0 Å². The van der Waals surface area contributed by atoms with Crippen molar-refractivity contribution in [1.82, 2.24) is 0 Å². The van der Waals surface area contributed by atoms with Crippen LogP contribution < -0.4 is 15.9 Å². The van der Waals surface area contributed by atoms with Crippen molar-refractivity contribution < 1.29 is 25.6 Å². The summed E-state index contributed by atoms with van der Waals surface area (Å²) < 4.78 is 71.1. The molecule has 0 bridgehead atoms. The van der Waals surface area contributed by atoms with E-state index in [0.29, 0.717) is 0 Å². The molecule has 0 unspecified atom stereocenters. The van der Waals surface area contributed by atoms with Gasteiger partial charge in [-0.05, 0) is 0 Å². The van der Waals surface area contributed by atoms with E-state index in [1.807, 2.05) is 0 Å². The van der Waals surface area contributed by atoms with Gasteiger partial charge in [-0.25, -0.2) is 0 Å². The summed E-state index contributed by atoms with van der Waals surface area (Å²) in [5.74, 6) is 2.67. The minimum atomic E-state index is -6.02. The first-order chi connectivity index (χ1) is 14.2. The maximum absolute atomic E-state index is 13.6. The third-order valence-electron chi connectivity index (χ3n) is 4.60. The number of halogens is 3. The van der Waals surface area contributed by atoms with Gasteiger partial charge in [-0.2, -0.15) is 0 Å². The van der Waals surface area contributed by atoms with Crippen LogP contribution in [-0.2, 0) is 14.1 Å². The second-order valence-electron chi connectivity index (χ2n) is 6.38. The zero-order chi connectivity index (χ0) is 21.9. The molecule has 0 radical (unpaired) electrons. The normalized spacial score (nSPS) is 13.5. The molecule has 0 aliphatic rings. The van der Waals surface area contributed by atoms with Gasteiger partial charge < -0.3 is 0 Å². The Morgan fingerprint density at radius 1 is 0.733 bits per heavy atom. The number of hydrogen-bond donors (Lipinski definition) is 0. The minimum absolute atomic E-state index is 0.253. The Morgan fingerprint density at radius 3 is 1.33 bits per heavy atom. The summed E-state index contributed by atoms with van der Waals surface area (Å²) >= 11 is 0. The van der Waals surface area contributed by atoms with Crippen molar-refractivity contribution in [2.45, 2.75) is 12.4 Å². The zero-order valence-electron chi connectivity index (χ0n) is 15.9. The molecule has 0 saturated carbocycles. The van der Waals surface area contributed by atoms with E-state index in [9.17, 15) is 21.6 Å². The van der Waals surface area contributed by atoms with Crippen LogP contribution >= 0.6 is 6.83 Å². The van der Waals surface area contributed by atoms with E-state index < -0.39 is 22.5 Å². The fourth-order valence-electron chi connectivity index (χ4n) is 3.38. The molecule has 0 aromatic heterocycles. The molecule has 3 nitrogen and oxygen atoms in total. The Balaban J connectivity index is 2.62. The summed E-state index contributed by atoms with van der Waals surface area (Å²) in [5, 5.41) is 0.759. The van der Waals surface area contributed by atoms with Crippen molar-refractivity contribution in [2.75, 3.05) is 0 Å². The van der Waals surface area contributed by atoms with Crippen molar-refractivity contribution in [1.29, 1.82) is 0 Å². The van der Waals surface area contributed by atoms with Gasteiger partial charge in [-0.15, -0.1) is 0 Å². The van der Waals surface area contributed by atoms with Crippen molar-refractivity contribution in [3.8, 4) is 11.6 Å².